The molecule has 2 rings (SSSR count). The number of esters is 1. The fraction of sp³-hybridized carbons (Fsp3) is 0.462. The van der Waals surface area contributed by atoms with Gasteiger partial charge in [0.25, 0.3) is 0 Å². The van der Waals surface area contributed by atoms with Gasteiger partial charge in [-0.1, -0.05) is 18.6 Å². The molecule has 0 aromatic heterocycles. The van der Waals surface area contributed by atoms with Gasteiger partial charge >= 0.3 is 5.97 Å². The van der Waals surface area contributed by atoms with E-state index in [2.05, 4.69) is 10.1 Å². The fourth-order valence-corrected chi connectivity index (χ4v) is 2.11. The number of hydrogen-bond donors (Lipinski definition) is 1. The van der Waals surface area contributed by atoms with Crippen molar-refractivity contribution in [1.29, 1.82) is 0 Å². The summed E-state index contributed by atoms with van der Waals surface area (Å²) in [5.41, 5.74) is 1.87. The van der Waals surface area contributed by atoms with Gasteiger partial charge < -0.3 is 10.1 Å². The van der Waals surface area contributed by atoms with Gasteiger partial charge in [0.2, 0.25) is 0 Å². The number of hydrogen-bond acceptors (Lipinski definition) is 3. The van der Waals surface area contributed by atoms with Crippen molar-refractivity contribution in [2.75, 3.05) is 13.7 Å². The van der Waals surface area contributed by atoms with E-state index in [1.165, 1.54) is 31.9 Å². The molecule has 1 saturated heterocycles. The number of nitrogens with one attached hydrogen (secondary N) is 1. The van der Waals surface area contributed by atoms with Crippen molar-refractivity contribution in [1.82, 2.24) is 5.32 Å². The lowest BCUT2D eigenvalue weighted by atomic mass is 9.97. The van der Waals surface area contributed by atoms with Crippen molar-refractivity contribution in [3.05, 3.63) is 35.4 Å². The van der Waals surface area contributed by atoms with E-state index in [1.54, 1.807) is 0 Å². The topological polar surface area (TPSA) is 38.3 Å². The summed E-state index contributed by atoms with van der Waals surface area (Å²) in [6.45, 7) is 1.09. The molecule has 1 aliphatic heterocycles. The highest BCUT2D eigenvalue weighted by atomic mass is 35.5. The number of benzene rings is 1. The van der Waals surface area contributed by atoms with E-state index in [0.29, 0.717) is 11.6 Å². The molecule has 0 aliphatic carbocycles. The Kier molecular flexibility index (Phi) is 5.45. The van der Waals surface area contributed by atoms with Gasteiger partial charge in [-0.25, -0.2) is 4.79 Å². The molecule has 1 N–H and O–H groups in total. The first-order chi connectivity index (χ1) is 7.81. The summed E-state index contributed by atoms with van der Waals surface area (Å²) in [7, 11) is 1.40. The predicted molar refractivity (Wildman–Crippen MR) is 69.6 cm³/mol. The Bertz CT molecular complexity index is 358. The highest BCUT2D eigenvalue weighted by molar-refractivity contribution is 5.89. The maximum Gasteiger partial charge on any atom is 0.337 e. The van der Waals surface area contributed by atoms with Crippen molar-refractivity contribution in [3.8, 4) is 0 Å². The third kappa shape index (κ3) is 3.45. The fourth-order valence-electron chi connectivity index (χ4n) is 2.11. The highest BCUT2D eigenvalue weighted by Gasteiger charge is 2.14. The van der Waals surface area contributed by atoms with Gasteiger partial charge in [0.1, 0.15) is 0 Å². The monoisotopic (exact) mass is 255 g/mol. The van der Waals surface area contributed by atoms with Crippen LogP contribution in [-0.2, 0) is 4.74 Å². The van der Waals surface area contributed by atoms with Gasteiger partial charge in [-0.15, -0.1) is 12.4 Å². The molecule has 1 aromatic rings. The van der Waals surface area contributed by atoms with Crippen LogP contribution >= 0.6 is 12.4 Å². The van der Waals surface area contributed by atoms with E-state index in [9.17, 15) is 4.79 Å². The van der Waals surface area contributed by atoms with Crippen molar-refractivity contribution in [2.45, 2.75) is 25.3 Å². The third-order valence-electron chi connectivity index (χ3n) is 3.04. The maximum absolute atomic E-state index is 11.3. The number of ether oxygens (including phenoxy) is 1. The third-order valence-corrected chi connectivity index (χ3v) is 3.04. The van der Waals surface area contributed by atoms with Crippen molar-refractivity contribution in [2.24, 2.45) is 0 Å². The molecule has 0 amide bonds. The Hall–Kier alpha value is -1.06. The van der Waals surface area contributed by atoms with Crippen LogP contribution < -0.4 is 5.32 Å². The van der Waals surface area contributed by atoms with Crippen LogP contribution in [-0.4, -0.2) is 19.6 Å². The number of rotatable bonds is 2. The van der Waals surface area contributed by atoms with Crippen molar-refractivity contribution in [3.63, 3.8) is 0 Å². The summed E-state index contributed by atoms with van der Waals surface area (Å²) in [6.07, 6.45) is 3.71. The molecule has 1 fully saturated rings. The molecule has 0 bridgehead atoms. The largest absolute Gasteiger partial charge is 0.465 e. The van der Waals surface area contributed by atoms with E-state index in [4.69, 9.17) is 0 Å². The Labute approximate surface area is 108 Å². The number of piperidine rings is 1. The average Bonchev–Trinajstić information content (AvgIpc) is 2.39. The average molecular weight is 256 g/mol. The summed E-state index contributed by atoms with van der Waals surface area (Å²) < 4.78 is 4.67. The minimum absolute atomic E-state index is 0. The standard InChI is InChI=1S/C13H17NO2.ClH/c1-16-13(15)11-7-5-10(6-8-11)12-4-2-3-9-14-12;/h5-8,12,14H,2-4,9H2,1H3;1H/t12-;/m1./s1. The molecule has 4 heteroatoms. The second-order valence-corrected chi connectivity index (χ2v) is 4.12. The second-order valence-electron chi connectivity index (χ2n) is 4.12. The highest BCUT2D eigenvalue weighted by Crippen LogP contribution is 2.23. The van der Waals surface area contributed by atoms with Crippen LogP contribution in [0, 0.1) is 0 Å². The van der Waals surface area contributed by atoms with Crippen LogP contribution in [0.5, 0.6) is 0 Å². The van der Waals surface area contributed by atoms with E-state index in [1.807, 2.05) is 24.3 Å². The molecule has 1 aromatic carbocycles. The Balaban J connectivity index is 0.00000144. The number of methoxy groups -OCH3 is 1. The van der Waals surface area contributed by atoms with Crippen molar-refractivity contribution >= 4 is 18.4 Å². The van der Waals surface area contributed by atoms with E-state index in [0.717, 1.165) is 6.54 Å². The second kappa shape index (κ2) is 6.62. The lowest BCUT2D eigenvalue weighted by Gasteiger charge is -2.23. The summed E-state index contributed by atoms with van der Waals surface area (Å²) in [6, 6.07) is 8.12. The molecule has 1 aliphatic rings. The van der Waals surface area contributed by atoms with Gasteiger partial charge in [0, 0.05) is 6.04 Å². The predicted octanol–water partition coefficient (Wildman–Crippen LogP) is 2.71. The van der Waals surface area contributed by atoms with Gasteiger partial charge in [-0.05, 0) is 37.1 Å². The SMILES string of the molecule is COC(=O)c1ccc([C@H]2CCCCN2)cc1.Cl. The minimum Gasteiger partial charge on any atom is -0.465 e. The molecule has 0 spiro atoms. The molecule has 17 heavy (non-hydrogen) atoms. The van der Waals surface area contributed by atoms with Gasteiger partial charge in [-0.3, -0.25) is 0 Å². The Morgan fingerprint density at radius 2 is 2.00 bits per heavy atom. The molecule has 1 atom stereocenters. The molecule has 0 unspecified atom stereocenters. The van der Waals surface area contributed by atoms with E-state index >= 15 is 0 Å². The van der Waals surface area contributed by atoms with Crippen LogP contribution in [0.15, 0.2) is 24.3 Å². The lowest BCUT2D eigenvalue weighted by Crippen LogP contribution is -2.26. The number of halogens is 1. The molecule has 0 radical (unpaired) electrons. The Morgan fingerprint density at radius 3 is 2.53 bits per heavy atom. The van der Waals surface area contributed by atoms with Crippen LogP contribution in [0.25, 0.3) is 0 Å². The minimum atomic E-state index is -0.275. The summed E-state index contributed by atoms with van der Waals surface area (Å²) >= 11 is 0. The first kappa shape index (κ1) is 14.0. The molecule has 94 valence electrons. The Morgan fingerprint density at radius 1 is 1.29 bits per heavy atom. The van der Waals surface area contributed by atoms with E-state index in [-0.39, 0.29) is 18.4 Å². The zero-order valence-corrected chi connectivity index (χ0v) is 10.8. The van der Waals surface area contributed by atoms with Gasteiger partial charge in [0.05, 0.1) is 12.7 Å². The first-order valence-electron chi connectivity index (χ1n) is 5.73. The van der Waals surface area contributed by atoms with Crippen LogP contribution in [0.1, 0.15) is 41.2 Å². The van der Waals surface area contributed by atoms with Crippen molar-refractivity contribution < 1.29 is 9.53 Å². The summed E-state index contributed by atoms with van der Waals surface area (Å²) in [5.74, 6) is -0.275. The summed E-state index contributed by atoms with van der Waals surface area (Å²) in [5, 5.41) is 3.48. The van der Waals surface area contributed by atoms with E-state index < -0.39 is 0 Å². The zero-order chi connectivity index (χ0) is 11.4. The van der Waals surface area contributed by atoms with Crippen LogP contribution in [0.3, 0.4) is 0 Å². The zero-order valence-electron chi connectivity index (χ0n) is 9.94. The van der Waals surface area contributed by atoms with Crippen LogP contribution in [0.2, 0.25) is 0 Å². The number of carbonyl (C=O) groups is 1. The molecular weight excluding hydrogens is 238 g/mol. The van der Waals surface area contributed by atoms with Crippen LogP contribution in [0.4, 0.5) is 0 Å². The van der Waals surface area contributed by atoms with Gasteiger partial charge in [0.15, 0.2) is 0 Å². The molecule has 3 nitrogen and oxygen atoms in total. The quantitative estimate of drug-likeness (QED) is 0.826. The molecule has 0 saturated carbocycles. The first-order valence-corrected chi connectivity index (χ1v) is 5.73. The molecule has 1 heterocycles. The smallest absolute Gasteiger partial charge is 0.337 e. The van der Waals surface area contributed by atoms with Gasteiger partial charge in [-0.2, -0.15) is 0 Å². The molecular formula is C13H18ClNO2. The maximum atomic E-state index is 11.3. The normalized spacial score (nSPS) is 19.2. The number of carbonyl (C=O) groups excluding carboxylic acids is 1. The lowest BCUT2D eigenvalue weighted by molar-refractivity contribution is 0.0600. The summed E-state index contributed by atoms with van der Waals surface area (Å²) in [4.78, 5) is 11.3.